The molecule has 0 N–H and O–H groups in total. The van der Waals surface area contributed by atoms with Crippen molar-refractivity contribution < 1.29 is 0 Å². The van der Waals surface area contributed by atoms with Gasteiger partial charge in [-0.05, 0) is 84.9 Å². The Morgan fingerprint density at radius 1 is 0.274 bits per heavy atom. The van der Waals surface area contributed by atoms with E-state index >= 15 is 0 Å². The third-order valence-electron chi connectivity index (χ3n) is 12.8. The first kappa shape index (κ1) is 34.1. The lowest BCUT2D eigenvalue weighted by Gasteiger charge is -2.18. The highest BCUT2D eigenvalue weighted by Gasteiger charge is 2.26. The highest BCUT2D eigenvalue weighted by Crippen LogP contribution is 2.46. The predicted octanol–water partition coefficient (Wildman–Crippen LogP) is 13.8. The topological polar surface area (TPSA) is 67.3 Å². The van der Waals surface area contributed by atoms with Crippen molar-refractivity contribution in [3.63, 3.8) is 0 Å². The van der Waals surface area contributed by atoms with E-state index in [0.29, 0.717) is 11.1 Å². The van der Waals surface area contributed by atoms with Crippen LogP contribution in [-0.4, -0.2) is 18.3 Å². The quantitative estimate of drug-likeness (QED) is 0.178. The van der Waals surface area contributed by atoms with Gasteiger partial charge in [0.05, 0.1) is 66.6 Å². The number of hydrogen-bond acceptors (Lipinski definition) is 2. The van der Waals surface area contributed by atoms with Gasteiger partial charge in [0.15, 0.2) is 0 Å². The number of nitrogens with zero attached hydrogens (tertiary/aromatic N) is 6. The lowest BCUT2D eigenvalue weighted by Crippen LogP contribution is -2.05. The largest absolute Gasteiger partial charge is 0.309 e. The molecule has 0 aliphatic heterocycles. The summed E-state index contributed by atoms with van der Waals surface area (Å²) in [5.74, 6) is 0. The van der Waals surface area contributed by atoms with Crippen LogP contribution in [0, 0.1) is 22.7 Å². The first-order valence-corrected chi connectivity index (χ1v) is 20.7. The van der Waals surface area contributed by atoms with E-state index in [1.54, 1.807) is 0 Å². The van der Waals surface area contributed by atoms with Crippen LogP contribution in [0.1, 0.15) is 11.1 Å². The molecule has 9 aromatic carbocycles. The first-order valence-electron chi connectivity index (χ1n) is 20.7. The number of rotatable bonds is 4. The van der Waals surface area contributed by atoms with E-state index in [-0.39, 0.29) is 0 Å². The third kappa shape index (κ3) is 4.50. The summed E-state index contributed by atoms with van der Waals surface area (Å²) in [4.78, 5) is 0. The molecule has 4 heterocycles. The van der Waals surface area contributed by atoms with Crippen molar-refractivity contribution in [1.29, 1.82) is 10.5 Å². The number of benzene rings is 9. The van der Waals surface area contributed by atoms with Gasteiger partial charge in [-0.2, -0.15) is 10.5 Å². The molecule has 0 aliphatic carbocycles. The average Bonchev–Trinajstić information content (AvgIpc) is 4.06. The Kier molecular flexibility index (Phi) is 7.05. The van der Waals surface area contributed by atoms with Gasteiger partial charge in [-0.1, -0.05) is 109 Å². The molecule has 0 fully saturated rings. The summed E-state index contributed by atoms with van der Waals surface area (Å²) in [6.45, 7) is 0. The maximum absolute atomic E-state index is 10.6. The Morgan fingerprint density at radius 3 is 0.871 bits per heavy atom. The van der Waals surface area contributed by atoms with Crippen LogP contribution >= 0.6 is 0 Å². The van der Waals surface area contributed by atoms with Gasteiger partial charge in [-0.15, -0.1) is 0 Å². The van der Waals surface area contributed by atoms with Crippen LogP contribution in [0.5, 0.6) is 0 Å². The average molecular weight is 789 g/mol. The van der Waals surface area contributed by atoms with Gasteiger partial charge in [0.2, 0.25) is 0 Å². The van der Waals surface area contributed by atoms with Crippen molar-refractivity contribution in [2.24, 2.45) is 0 Å². The number of aromatic nitrogens is 4. The van der Waals surface area contributed by atoms with E-state index in [0.717, 1.165) is 88.4 Å². The minimum absolute atomic E-state index is 0.327. The molecule has 0 saturated carbocycles. The van der Waals surface area contributed by atoms with Crippen molar-refractivity contribution in [2.75, 3.05) is 0 Å². The van der Waals surface area contributed by atoms with Gasteiger partial charge in [0.25, 0.3) is 0 Å². The summed E-state index contributed by atoms with van der Waals surface area (Å²) in [5, 5.41) is 30.4. The second kappa shape index (κ2) is 12.8. The molecule has 0 bridgehead atoms. The van der Waals surface area contributed by atoms with E-state index in [9.17, 15) is 10.5 Å². The zero-order chi connectivity index (χ0) is 41.1. The van der Waals surface area contributed by atoms with Crippen LogP contribution in [-0.2, 0) is 0 Å². The van der Waals surface area contributed by atoms with Gasteiger partial charge in [-0.3, -0.25) is 0 Å². The molecule has 0 saturated heterocycles. The molecular formula is C56H32N6. The number of para-hydroxylation sites is 6. The number of nitriles is 2. The van der Waals surface area contributed by atoms with E-state index in [1.165, 1.54) is 21.5 Å². The summed E-state index contributed by atoms with van der Waals surface area (Å²) < 4.78 is 9.31. The molecule has 62 heavy (non-hydrogen) atoms. The highest BCUT2D eigenvalue weighted by atomic mass is 15.1. The summed E-state index contributed by atoms with van der Waals surface area (Å²) in [7, 11) is 0. The molecule has 0 aliphatic rings. The Hall–Kier alpha value is -8.84. The lowest BCUT2D eigenvalue weighted by molar-refractivity contribution is 1.09. The van der Waals surface area contributed by atoms with Gasteiger partial charge in [0, 0.05) is 54.5 Å². The molecule has 0 amide bonds. The smallest absolute Gasteiger partial charge is 0.101 e. The maximum Gasteiger partial charge on any atom is 0.101 e. The minimum Gasteiger partial charge on any atom is -0.309 e. The third-order valence-corrected chi connectivity index (χ3v) is 12.8. The van der Waals surface area contributed by atoms with Crippen molar-refractivity contribution in [3.05, 3.63) is 205 Å². The zero-order valence-electron chi connectivity index (χ0n) is 33.2. The Balaban J connectivity index is 1.19. The molecule has 13 rings (SSSR count). The fourth-order valence-electron chi connectivity index (χ4n) is 10.4. The second-order valence-electron chi connectivity index (χ2n) is 15.9. The standard InChI is InChI=1S/C56H32N6/c57-33-35-31-51(61-45-25-13-9-21-41(45)55-49(61)29-27-47-53(55)39-19-7-11-23-43(39)59(47)37-15-3-1-4-16-37)52(32-36(35)34-58)62-46-26-14-10-22-42(46)56-50(62)30-28-48-54(56)40-20-8-12-24-44(40)60(48)38-17-5-2-6-18-38/h1-32H. The normalized spacial score (nSPS) is 11.8. The fourth-order valence-corrected chi connectivity index (χ4v) is 10.4. The van der Waals surface area contributed by atoms with E-state index in [2.05, 4.69) is 212 Å². The second-order valence-corrected chi connectivity index (χ2v) is 15.9. The fraction of sp³-hybridized carbons (Fsp3) is 0. The van der Waals surface area contributed by atoms with Crippen molar-refractivity contribution in [2.45, 2.75) is 0 Å². The van der Waals surface area contributed by atoms with Gasteiger partial charge >= 0.3 is 0 Å². The van der Waals surface area contributed by atoms with Gasteiger partial charge in [-0.25, -0.2) is 0 Å². The van der Waals surface area contributed by atoms with E-state index in [4.69, 9.17) is 0 Å². The SMILES string of the molecule is N#Cc1cc(-n2c3ccccc3c3c4c5ccccc5n(-c5ccccc5)c4ccc32)c(-n2c3ccccc3c3c4c5ccccc5n(-c5ccccc5)c4ccc32)cc1C#N. The molecule has 4 aromatic heterocycles. The monoisotopic (exact) mass is 788 g/mol. The first-order chi connectivity index (χ1) is 30.7. The van der Waals surface area contributed by atoms with Crippen LogP contribution < -0.4 is 0 Å². The molecule has 6 heteroatoms. The van der Waals surface area contributed by atoms with Crippen LogP contribution in [0.2, 0.25) is 0 Å². The molecule has 0 spiro atoms. The van der Waals surface area contributed by atoms with Crippen LogP contribution in [0.15, 0.2) is 194 Å². The van der Waals surface area contributed by atoms with Crippen LogP contribution in [0.4, 0.5) is 0 Å². The molecule has 0 unspecified atom stereocenters. The Bertz CT molecular complexity index is 3840. The molecule has 6 nitrogen and oxygen atoms in total. The van der Waals surface area contributed by atoms with Crippen molar-refractivity contribution in [3.8, 4) is 34.9 Å². The predicted molar refractivity (Wildman–Crippen MR) is 253 cm³/mol. The summed E-state index contributed by atoms with van der Waals surface area (Å²) in [5.41, 5.74) is 13.0. The molecule has 286 valence electrons. The van der Waals surface area contributed by atoms with Gasteiger partial charge in [0.1, 0.15) is 12.1 Å². The van der Waals surface area contributed by atoms with Crippen LogP contribution in [0.3, 0.4) is 0 Å². The minimum atomic E-state index is 0.327. The molecular weight excluding hydrogens is 757 g/mol. The summed E-state index contributed by atoms with van der Waals surface area (Å²) in [6, 6.07) is 72.9. The van der Waals surface area contributed by atoms with Gasteiger partial charge < -0.3 is 18.3 Å². The molecule has 13 aromatic rings. The van der Waals surface area contributed by atoms with E-state index < -0.39 is 0 Å². The summed E-state index contributed by atoms with van der Waals surface area (Å²) in [6.07, 6.45) is 0. The number of fused-ring (bicyclic) bond motifs is 14. The summed E-state index contributed by atoms with van der Waals surface area (Å²) >= 11 is 0. The van der Waals surface area contributed by atoms with Crippen molar-refractivity contribution in [1.82, 2.24) is 18.3 Å². The molecule has 0 atom stereocenters. The van der Waals surface area contributed by atoms with E-state index in [1.807, 2.05) is 12.1 Å². The maximum atomic E-state index is 10.6. The Morgan fingerprint density at radius 2 is 0.548 bits per heavy atom. The lowest BCUT2D eigenvalue weighted by atomic mass is 10.0. The highest BCUT2D eigenvalue weighted by molar-refractivity contribution is 6.30. The van der Waals surface area contributed by atoms with Crippen LogP contribution in [0.25, 0.3) is 110 Å². The number of hydrogen-bond donors (Lipinski definition) is 0. The zero-order valence-corrected chi connectivity index (χ0v) is 33.2. The molecule has 0 radical (unpaired) electrons. The van der Waals surface area contributed by atoms with Crippen molar-refractivity contribution >= 4 is 87.2 Å². The Labute approximate surface area is 354 Å².